The molecule has 1 atom stereocenters. The minimum Gasteiger partial charge on any atom is -0.349 e. The van der Waals surface area contributed by atoms with Crippen LogP contribution in [0.15, 0.2) is 0 Å². The highest BCUT2D eigenvalue weighted by Gasteiger charge is 2.29. The van der Waals surface area contributed by atoms with Crippen LogP contribution in [0, 0.1) is 34.6 Å². The van der Waals surface area contributed by atoms with E-state index >= 15 is 0 Å². The average molecular weight is 270 g/mol. The molecule has 3 nitrogen and oxygen atoms in total. The third-order valence-corrected chi connectivity index (χ3v) is 5.08. The lowest BCUT2D eigenvalue weighted by Crippen LogP contribution is -2.38. The van der Waals surface area contributed by atoms with Crippen LogP contribution in [-0.2, 0) is 0 Å². The maximum absolute atomic E-state index is 12.3. The van der Waals surface area contributed by atoms with Crippen LogP contribution >= 0.6 is 0 Å². The van der Waals surface area contributed by atoms with Gasteiger partial charge in [-0.2, -0.15) is 0 Å². The van der Waals surface area contributed by atoms with E-state index in [-0.39, 0.29) is 5.91 Å². The summed E-state index contributed by atoms with van der Waals surface area (Å²) in [4.78, 5) is 12.3. The van der Waals surface area contributed by atoms with Crippen molar-refractivity contribution in [3.05, 3.63) is 33.5 Å². The molecule has 2 aromatic rings. The largest absolute Gasteiger partial charge is 0.349 e. The molecule has 1 aromatic heterocycles. The molecule has 106 valence electrons. The van der Waals surface area contributed by atoms with Gasteiger partial charge >= 0.3 is 0 Å². The number of nitrogens with one attached hydrogen (secondary N) is 1. The molecule has 2 heterocycles. The van der Waals surface area contributed by atoms with Crippen LogP contribution in [0.25, 0.3) is 10.9 Å². The molecule has 1 aromatic carbocycles. The Morgan fingerprint density at radius 3 is 2.20 bits per heavy atom. The quantitative estimate of drug-likeness (QED) is 0.781. The van der Waals surface area contributed by atoms with Gasteiger partial charge in [-0.3, -0.25) is 4.79 Å². The Kier molecular flexibility index (Phi) is 2.72. The molecule has 1 N–H and O–H groups in total. The van der Waals surface area contributed by atoms with Gasteiger partial charge in [0.2, 0.25) is 0 Å². The molecule has 0 bridgehead atoms. The maximum Gasteiger partial charge on any atom is 0.268 e. The zero-order chi connectivity index (χ0) is 14.8. The molecule has 1 aliphatic heterocycles. The summed E-state index contributed by atoms with van der Waals surface area (Å²) in [7, 11) is 0. The number of amides is 1. The molecule has 0 saturated carbocycles. The lowest BCUT2D eigenvalue weighted by Gasteiger charge is -2.25. The molecule has 1 amide bonds. The van der Waals surface area contributed by atoms with Gasteiger partial charge in [-0.25, -0.2) is 0 Å². The second-order valence-corrected chi connectivity index (χ2v) is 6.13. The molecule has 0 spiro atoms. The smallest absolute Gasteiger partial charge is 0.268 e. The Labute approximate surface area is 120 Å². The molecule has 20 heavy (non-hydrogen) atoms. The van der Waals surface area contributed by atoms with Crippen molar-refractivity contribution >= 4 is 16.8 Å². The highest BCUT2D eigenvalue weighted by Crippen LogP contribution is 2.37. The van der Waals surface area contributed by atoms with E-state index < -0.39 is 0 Å². The van der Waals surface area contributed by atoms with Gasteiger partial charge in [0.05, 0.1) is 5.52 Å². The number of fused-ring (bicyclic) bond motifs is 3. The Morgan fingerprint density at radius 1 is 0.950 bits per heavy atom. The standard InChI is InChI=1S/C17H22N2O/c1-8-7-18-17(20)16-13(6)14-11(4)9(2)10(3)12(5)15(14)19(8)16/h8H,7H2,1-6H3,(H,18,20)/t8-/m0/s1. The zero-order valence-corrected chi connectivity index (χ0v) is 13.1. The summed E-state index contributed by atoms with van der Waals surface area (Å²) < 4.78 is 2.25. The van der Waals surface area contributed by atoms with Crippen LogP contribution in [0.1, 0.15) is 51.3 Å². The van der Waals surface area contributed by atoms with Gasteiger partial charge in [0.1, 0.15) is 5.69 Å². The number of aryl methyl sites for hydroxylation is 3. The van der Waals surface area contributed by atoms with Crippen LogP contribution in [0.2, 0.25) is 0 Å². The van der Waals surface area contributed by atoms with E-state index in [1.54, 1.807) is 0 Å². The van der Waals surface area contributed by atoms with Crippen LogP contribution in [0.3, 0.4) is 0 Å². The summed E-state index contributed by atoms with van der Waals surface area (Å²) in [5.74, 6) is 0.0610. The van der Waals surface area contributed by atoms with Crippen LogP contribution < -0.4 is 5.32 Å². The van der Waals surface area contributed by atoms with E-state index in [0.29, 0.717) is 12.6 Å². The van der Waals surface area contributed by atoms with E-state index in [9.17, 15) is 4.79 Å². The van der Waals surface area contributed by atoms with Gasteiger partial charge in [-0.1, -0.05) is 0 Å². The predicted octanol–water partition coefficient (Wildman–Crippen LogP) is 3.49. The van der Waals surface area contributed by atoms with E-state index in [4.69, 9.17) is 0 Å². The molecule has 3 heteroatoms. The number of carbonyl (C=O) groups is 1. The molecular weight excluding hydrogens is 248 g/mol. The van der Waals surface area contributed by atoms with Gasteiger partial charge in [-0.15, -0.1) is 0 Å². The third kappa shape index (κ3) is 1.43. The van der Waals surface area contributed by atoms with Crippen molar-refractivity contribution < 1.29 is 4.79 Å². The lowest BCUT2D eigenvalue weighted by atomic mass is 9.94. The monoisotopic (exact) mass is 270 g/mol. The number of rotatable bonds is 0. The Bertz CT molecular complexity index is 753. The normalized spacial score (nSPS) is 18.3. The van der Waals surface area contributed by atoms with Gasteiger partial charge in [0.25, 0.3) is 5.91 Å². The van der Waals surface area contributed by atoms with Gasteiger partial charge < -0.3 is 9.88 Å². The first-order chi connectivity index (χ1) is 9.36. The van der Waals surface area contributed by atoms with Crippen LogP contribution in [0.4, 0.5) is 0 Å². The first kappa shape index (κ1) is 13.2. The third-order valence-electron chi connectivity index (χ3n) is 5.08. The summed E-state index contributed by atoms with van der Waals surface area (Å²) in [6.45, 7) is 13.7. The molecule has 0 aliphatic carbocycles. The summed E-state index contributed by atoms with van der Waals surface area (Å²) >= 11 is 0. The molecule has 0 unspecified atom stereocenters. The maximum atomic E-state index is 12.3. The lowest BCUT2D eigenvalue weighted by molar-refractivity contribution is 0.0918. The molecule has 3 rings (SSSR count). The SMILES string of the molecule is Cc1c(C)c(C)c2c(c1C)c(C)c1n2[C@@H](C)CNC1=O. The van der Waals surface area contributed by atoms with Gasteiger partial charge in [-0.05, 0) is 69.4 Å². The Balaban J connectivity index is 2.59. The molecular formula is C17H22N2O. The average Bonchev–Trinajstić information content (AvgIpc) is 2.73. The zero-order valence-electron chi connectivity index (χ0n) is 13.1. The summed E-state index contributed by atoms with van der Waals surface area (Å²) in [6.07, 6.45) is 0. The van der Waals surface area contributed by atoms with Crippen molar-refractivity contribution in [3.63, 3.8) is 0 Å². The fourth-order valence-corrected chi connectivity index (χ4v) is 3.60. The number of nitrogens with zero attached hydrogens (tertiary/aromatic N) is 1. The topological polar surface area (TPSA) is 34.0 Å². The van der Waals surface area contributed by atoms with Crippen molar-refractivity contribution in [1.29, 1.82) is 0 Å². The fraction of sp³-hybridized carbons (Fsp3) is 0.471. The number of aromatic nitrogens is 1. The fourth-order valence-electron chi connectivity index (χ4n) is 3.60. The van der Waals surface area contributed by atoms with E-state index in [0.717, 1.165) is 11.3 Å². The van der Waals surface area contributed by atoms with Crippen LogP contribution in [0.5, 0.6) is 0 Å². The molecule has 0 saturated heterocycles. The number of benzene rings is 1. The number of carbonyl (C=O) groups excluding carboxylic acids is 1. The van der Waals surface area contributed by atoms with Crippen molar-refractivity contribution in [3.8, 4) is 0 Å². The highest BCUT2D eigenvalue weighted by atomic mass is 16.2. The van der Waals surface area contributed by atoms with Gasteiger partial charge in [0, 0.05) is 18.0 Å². The second kappa shape index (κ2) is 4.11. The molecule has 1 aliphatic rings. The number of hydrogen-bond acceptors (Lipinski definition) is 1. The Morgan fingerprint density at radius 2 is 1.55 bits per heavy atom. The molecule has 0 fully saturated rings. The van der Waals surface area contributed by atoms with Crippen LogP contribution in [-0.4, -0.2) is 17.0 Å². The Hall–Kier alpha value is -1.77. The van der Waals surface area contributed by atoms with E-state index in [2.05, 4.69) is 51.4 Å². The van der Waals surface area contributed by atoms with E-state index in [1.165, 1.54) is 33.2 Å². The van der Waals surface area contributed by atoms with E-state index in [1.807, 2.05) is 0 Å². The van der Waals surface area contributed by atoms with Gasteiger partial charge in [0.15, 0.2) is 0 Å². The minimum absolute atomic E-state index is 0.0610. The van der Waals surface area contributed by atoms with Crippen molar-refractivity contribution in [2.75, 3.05) is 6.54 Å². The van der Waals surface area contributed by atoms with Crippen molar-refractivity contribution in [1.82, 2.24) is 9.88 Å². The summed E-state index contributed by atoms with van der Waals surface area (Å²) in [5.41, 5.74) is 8.51. The second-order valence-electron chi connectivity index (χ2n) is 6.13. The minimum atomic E-state index is 0.0610. The first-order valence-electron chi connectivity index (χ1n) is 7.25. The first-order valence-corrected chi connectivity index (χ1v) is 7.25. The summed E-state index contributed by atoms with van der Waals surface area (Å²) in [6, 6.07) is 0.305. The highest BCUT2D eigenvalue weighted by molar-refractivity contribution is 6.04. The number of hydrogen-bond donors (Lipinski definition) is 1. The van der Waals surface area contributed by atoms with Crippen molar-refractivity contribution in [2.24, 2.45) is 0 Å². The van der Waals surface area contributed by atoms with Crippen molar-refractivity contribution in [2.45, 2.75) is 47.6 Å². The molecule has 0 radical (unpaired) electrons. The predicted molar refractivity (Wildman–Crippen MR) is 82.7 cm³/mol. The summed E-state index contributed by atoms with van der Waals surface area (Å²) in [5, 5.41) is 4.27.